The SMILES string of the molecule is CC(=O)Nc1nc(C(=O)NCc2cccnc2OCc2ccccc2)cs1. The summed E-state index contributed by atoms with van der Waals surface area (Å²) in [4.78, 5) is 31.6. The van der Waals surface area contributed by atoms with Crippen LogP contribution in [-0.4, -0.2) is 21.8 Å². The number of benzene rings is 1. The van der Waals surface area contributed by atoms with E-state index in [1.54, 1.807) is 17.6 Å². The van der Waals surface area contributed by atoms with Crippen LogP contribution in [0.1, 0.15) is 28.5 Å². The van der Waals surface area contributed by atoms with E-state index in [2.05, 4.69) is 20.6 Å². The lowest BCUT2D eigenvalue weighted by Gasteiger charge is -2.10. The van der Waals surface area contributed by atoms with Crippen LogP contribution in [0.3, 0.4) is 0 Å². The molecule has 0 spiro atoms. The largest absolute Gasteiger partial charge is 0.473 e. The summed E-state index contributed by atoms with van der Waals surface area (Å²) in [6, 6.07) is 13.4. The number of nitrogens with zero attached hydrogens (tertiary/aromatic N) is 2. The third kappa shape index (κ3) is 5.35. The van der Waals surface area contributed by atoms with E-state index in [0.717, 1.165) is 11.1 Å². The van der Waals surface area contributed by atoms with Gasteiger partial charge in [-0.1, -0.05) is 36.4 Å². The fraction of sp³-hybridized carbons (Fsp3) is 0.158. The molecule has 2 heterocycles. The van der Waals surface area contributed by atoms with Crippen LogP contribution in [0.2, 0.25) is 0 Å². The highest BCUT2D eigenvalue weighted by atomic mass is 32.1. The van der Waals surface area contributed by atoms with Gasteiger partial charge in [0.2, 0.25) is 11.8 Å². The number of thiazole rings is 1. The number of amides is 2. The molecule has 0 saturated carbocycles. The minimum absolute atomic E-state index is 0.230. The standard InChI is InChI=1S/C19H18N4O3S/c1-13(24)22-19-23-16(12-27-19)17(25)21-10-15-8-5-9-20-18(15)26-11-14-6-3-2-4-7-14/h2-9,12H,10-11H2,1H3,(H,21,25)(H,22,23,24). The Labute approximate surface area is 160 Å². The average Bonchev–Trinajstić information content (AvgIpc) is 3.14. The molecule has 0 bridgehead atoms. The molecule has 138 valence electrons. The number of ether oxygens (including phenoxy) is 1. The first-order chi connectivity index (χ1) is 13.1. The summed E-state index contributed by atoms with van der Waals surface area (Å²) in [5.74, 6) is -0.0912. The molecule has 2 aromatic heterocycles. The predicted octanol–water partition coefficient (Wildman–Crippen LogP) is 3.01. The number of nitrogens with one attached hydrogen (secondary N) is 2. The van der Waals surface area contributed by atoms with Crippen LogP contribution in [-0.2, 0) is 17.9 Å². The maximum absolute atomic E-state index is 12.3. The molecule has 2 amide bonds. The van der Waals surface area contributed by atoms with Gasteiger partial charge in [0.15, 0.2) is 5.13 Å². The van der Waals surface area contributed by atoms with Crippen LogP contribution in [0.4, 0.5) is 5.13 Å². The quantitative estimate of drug-likeness (QED) is 0.655. The van der Waals surface area contributed by atoms with E-state index in [9.17, 15) is 9.59 Å². The predicted molar refractivity (Wildman–Crippen MR) is 103 cm³/mol. The second-order valence-corrected chi connectivity index (χ2v) is 6.50. The summed E-state index contributed by atoms with van der Waals surface area (Å²) in [5.41, 5.74) is 2.05. The Bertz CT molecular complexity index is 927. The molecule has 0 saturated heterocycles. The van der Waals surface area contributed by atoms with Gasteiger partial charge in [-0.15, -0.1) is 11.3 Å². The number of aromatic nitrogens is 2. The number of carbonyl (C=O) groups excluding carboxylic acids is 2. The molecule has 7 nitrogen and oxygen atoms in total. The Morgan fingerprint density at radius 3 is 2.74 bits per heavy atom. The molecular weight excluding hydrogens is 364 g/mol. The molecule has 0 aliphatic carbocycles. The minimum atomic E-state index is -0.333. The van der Waals surface area contributed by atoms with E-state index >= 15 is 0 Å². The number of pyridine rings is 1. The third-order valence-electron chi connectivity index (χ3n) is 3.53. The van der Waals surface area contributed by atoms with Gasteiger partial charge in [-0.25, -0.2) is 9.97 Å². The van der Waals surface area contributed by atoms with Crippen molar-refractivity contribution in [3.05, 3.63) is 70.9 Å². The van der Waals surface area contributed by atoms with Crippen molar-refractivity contribution in [2.24, 2.45) is 0 Å². The van der Waals surface area contributed by atoms with Gasteiger partial charge in [-0.2, -0.15) is 0 Å². The summed E-state index contributed by atoms with van der Waals surface area (Å²) in [5, 5.41) is 7.33. The lowest BCUT2D eigenvalue weighted by molar-refractivity contribution is -0.114. The molecule has 3 rings (SSSR count). The number of hydrogen-bond acceptors (Lipinski definition) is 6. The number of rotatable bonds is 7. The van der Waals surface area contributed by atoms with E-state index < -0.39 is 0 Å². The first-order valence-corrected chi connectivity index (χ1v) is 9.11. The van der Waals surface area contributed by atoms with Gasteiger partial charge in [0.25, 0.3) is 5.91 Å². The summed E-state index contributed by atoms with van der Waals surface area (Å²) >= 11 is 1.20. The van der Waals surface area contributed by atoms with Crippen LogP contribution in [0, 0.1) is 0 Å². The Morgan fingerprint density at radius 1 is 1.15 bits per heavy atom. The van der Waals surface area contributed by atoms with Gasteiger partial charge in [0, 0.05) is 30.6 Å². The van der Waals surface area contributed by atoms with E-state index in [1.807, 2.05) is 36.4 Å². The highest BCUT2D eigenvalue weighted by molar-refractivity contribution is 7.14. The zero-order valence-electron chi connectivity index (χ0n) is 14.6. The molecule has 27 heavy (non-hydrogen) atoms. The first kappa shape index (κ1) is 18.5. The van der Waals surface area contributed by atoms with Gasteiger partial charge in [-0.05, 0) is 11.6 Å². The molecule has 8 heteroatoms. The lowest BCUT2D eigenvalue weighted by Crippen LogP contribution is -2.23. The van der Waals surface area contributed by atoms with Gasteiger partial charge in [-0.3, -0.25) is 9.59 Å². The molecular formula is C19H18N4O3S. The van der Waals surface area contributed by atoms with E-state index in [-0.39, 0.29) is 24.1 Å². The smallest absolute Gasteiger partial charge is 0.271 e. The zero-order valence-corrected chi connectivity index (χ0v) is 15.5. The monoisotopic (exact) mass is 382 g/mol. The zero-order chi connectivity index (χ0) is 19.1. The van der Waals surface area contributed by atoms with E-state index in [0.29, 0.717) is 17.6 Å². The van der Waals surface area contributed by atoms with Crippen molar-refractivity contribution in [2.45, 2.75) is 20.1 Å². The highest BCUT2D eigenvalue weighted by Gasteiger charge is 2.13. The Balaban J connectivity index is 1.60. The lowest BCUT2D eigenvalue weighted by atomic mass is 10.2. The van der Waals surface area contributed by atoms with Crippen LogP contribution in [0.5, 0.6) is 5.88 Å². The van der Waals surface area contributed by atoms with Crippen molar-refractivity contribution < 1.29 is 14.3 Å². The van der Waals surface area contributed by atoms with Crippen LogP contribution >= 0.6 is 11.3 Å². The fourth-order valence-corrected chi connectivity index (χ4v) is 3.00. The van der Waals surface area contributed by atoms with Crippen molar-refractivity contribution in [1.82, 2.24) is 15.3 Å². The molecule has 0 aliphatic heterocycles. The van der Waals surface area contributed by atoms with Crippen LogP contribution in [0.15, 0.2) is 54.0 Å². The second kappa shape index (κ2) is 8.91. The first-order valence-electron chi connectivity index (χ1n) is 8.24. The Hall–Kier alpha value is -3.26. The van der Waals surface area contributed by atoms with Crippen molar-refractivity contribution in [3.63, 3.8) is 0 Å². The van der Waals surface area contributed by atoms with Crippen molar-refractivity contribution in [2.75, 3.05) is 5.32 Å². The summed E-state index contributed by atoms with van der Waals surface area (Å²) in [7, 11) is 0. The number of anilines is 1. The summed E-state index contributed by atoms with van der Waals surface area (Å²) < 4.78 is 5.79. The second-order valence-electron chi connectivity index (χ2n) is 5.64. The van der Waals surface area contributed by atoms with Crippen LogP contribution in [0.25, 0.3) is 0 Å². The molecule has 0 atom stereocenters. The Morgan fingerprint density at radius 2 is 1.96 bits per heavy atom. The highest BCUT2D eigenvalue weighted by Crippen LogP contribution is 2.18. The van der Waals surface area contributed by atoms with Crippen molar-refractivity contribution in [1.29, 1.82) is 0 Å². The Kier molecular flexibility index (Phi) is 6.11. The van der Waals surface area contributed by atoms with Crippen molar-refractivity contribution in [3.8, 4) is 5.88 Å². The average molecular weight is 382 g/mol. The van der Waals surface area contributed by atoms with Gasteiger partial charge in [0.1, 0.15) is 12.3 Å². The molecule has 0 radical (unpaired) electrons. The maximum Gasteiger partial charge on any atom is 0.271 e. The van der Waals surface area contributed by atoms with Crippen molar-refractivity contribution >= 4 is 28.3 Å². The molecule has 0 aliphatic rings. The summed E-state index contributed by atoms with van der Waals surface area (Å²) in [6.45, 7) is 2.04. The van der Waals surface area contributed by atoms with Crippen LogP contribution < -0.4 is 15.4 Å². The van der Waals surface area contributed by atoms with E-state index in [1.165, 1.54) is 18.3 Å². The molecule has 2 N–H and O–H groups in total. The molecule has 0 unspecified atom stereocenters. The molecule has 0 fully saturated rings. The van der Waals surface area contributed by atoms with Gasteiger partial charge >= 0.3 is 0 Å². The summed E-state index contributed by atoms with van der Waals surface area (Å²) in [6.07, 6.45) is 1.64. The number of carbonyl (C=O) groups is 2. The minimum Gasteiger partial charge on any atom is -0.473 e. The fourth-order valence-electron chi connectivity index (χ4n) is 2.27. The topological polar surface area (TPSA) is 93.2 Å². The number of hydrogen-bond donors (Lipinski definition) is 2. The third-order valence-corrected chi connectivity index (χ3v) is 4.29. The maximum atomic E-state index is 12.3. The van der Waals surface area contributed by atoms with Gasteiger partial charge in [0.05, 0.1) is 0 Å². The molecule has 3 aromatic rings. The van der Waals surface area contributed by atoms with E-state index in [4.69, 9.17) is 4.74 Å². The molecule has 1 aromatic carbocycles. The normalized spacial score (nSPS) is 10.3. The van der Waals surface area contributed by atoms with Gasteiger partial charge < -0.3 is 15.4 Å².